The molecule has 1 aromatic heterocycles. The number of carbonyl (C=O) groups is 2. The zero-order valence-electron chi connectivity index (χ0n) is 32.0. The normalized spacial score (nSPS) is 15.6. The molecule has 58 heavy (non-hydrogen) atoms. The summed E-state index contributed by atoms with van der Waals surface area (Å²) in [6.45, 7) is 9.94. The molecule has 0 bridgehead atoms. The van der Waals surface area contributed by atoms with Gasteiger partial charge in [0.25, 0.3) is 20.0 Å². The van der Waals surface area contributed by atoms with Crippen molar-refractivity contribution < 1.29 is 41.4 Å². The first-order chi connectivity index (χ1) is 27.3. The number of rotatable bonds is 10. The predicted molar refractivity (Wildman–Crippen MR) is 221 cm³/mol. The van der Waals surface area contributed by atoms with Gasteiger partial charge in [0, 0.05) is 42.8 Å². The molecular weight excluding hydrogens is 809 g/mol. The maximum absolute atomic E-state index is 14.0. The molecule has 0 atom stereocenters. The first-order valence-electron chi connectivity index (χ1n) is 17.9. The Labute approximate surface area is 338 Å². The molecule has 0 radical (unpaired) electrons. The lowest BCUT2D eigenvalue weighted by molar-refractivity contribution is -0.117. The van der Waals surface area contributed by atoms with Gasteiger partial charge in [-0.2, -0.15) is 4.37 Å². The van der Waals surface area contributed by atoms with Crippen molar-refractivity contribution in [3.8, 4) is 11.5 Å². The van der Waals surface area contributed by atoms with Gasteiger partial charge in [-0.25, -0.2) is 16.8 Å². The van der Waals surface area contributed by atoms with Gasteiger partial charge < -0.3 is 30.5 Å². The van der Waals surface area contributed by atoms with Crippen molar-refractivity contribution in [2.75, 3.05) is 51.3 Å². The predicted octanol–water partition coefficient (Wildman–Crippen LogP) is 6.76. The number of carbonyl (C=O) groups excluding carboxylic acids is 2. The average molecular weight is 849 g/mol. The van der Waals surface area contributed by atoms with Gasteiger partial charge in [-0.05, 0) is 91.1 Å². The number of phenolic OH excluding ortho intramolecular Hbond substituents is 2. The van der Waals surface area contributed by atoms with Crippen LogP contribution in [-0.2, 0) is 39.8 Å². The van der Waals surface area contributed by atoms with Crippen molar-refractivity contribution in [3.05, 3.63) is 71.3 Å². The van der Waals surface area contributed by atoms with Crippen molar-refractivity contribution in [2.24, 2.45) is 10.2 Å². The molecule has 20 heteroatoms. The summed E-state index contributed by atoms with van der Waals surface area (Å²) < 4.78 is 70.6. The highest BCUT2D eigenvalue weighted by atomic mass is 32.2. The highest BCUT2D eigenvalue weighted by Gasteiger charge is 2.37. The molecule has 1 fully saturated rings. The summed E-state index contributed by atoms with van der Waals surface area (Å²) >= 11 is 0.947. The van der Waals surface area contributed by atoms with Gasteiger partial charge in [-0.15, -0.1) is 10.2 Å². The van der Waals surface area contributed by atoms with Crippen LogP contribution in [0.15, 0.2) is 74.6 Å². The topological polar surface area (TPSA) is 241 Å². The fourth-order valence-corrected chi connectivity index (χ4v) is 9.96. The molecule has 3 heterocycles. The lowest BCUT2D eigenvalue weighted by Crippen LogP contribution is -2.37. The molecule has 4 aromatic carbocycles. The Morgan fingerprint density at radius 2 is 1.66 bits per heavy atom. The number of aromatic nitrogens is 1. The summed E-state index contributed by atoms with van der Waals surface area (Å²) in [6.07, 6.45) is 0.0716. The quantitative estimate of drug-likeness (QED) is 0.0634. The molecule has 1 saturated heterocycles. The third-order valence-electron chi connectivity index (χ3n) is 9.83. The van der Waals surface area contributed by atoms with Gasteiger partial charge in [0.1, 0.15) is 22.1 Å². The standard InChI is InChI=1S/C38H40N8O9S3/c1-20-14-27(31(48)15-21(20)2)45-58(53,54)32-16-23(6-9-30(32)46-10-12-55-13-11-46)44-57(51,52)24-7-8-26-25(17-24)37(56-43-26)42-41-28-18-29(39-22(3)47)36(50)34-35(28)40-33(49)19-38(34,4)5/h6-9,14-18,44-45,48,50H,10-13,19H2,1-5H3,(H,39,47)(H,40,49). The number of amides is 2. The summed E-state index contributed by atoms with van der Waals surface area (Å²) in [7, 11) is -8.73. The Hall–Kier alpha value is -5.83. The van der Waals surface area contributed by atoms with Crippen LogP contribution in [0.2, 0.25) is 0 Å². The lowest BCUT2D eigenvalue weighted by Gasteiger charge is -2.33. The molecule has 0 aliphatic carbocycles. The minimum Gasteiger partial charge on any atom is -0.506 e. The van der Waals surface area contributed by atoms with Crippen LogP contribution in [0, 0.1) is 13.8 Å². The molecule has 2 aliphatic heterocycles. The number of aryl methyl sites for hydroxylation is 2. The number of hydrogen-bond donors (Lipinski definition) is 6. The zero-order chi connectivity index (χ0) is 41.7. The van der Waals surface area contributed by atoms with Crippen molar-refractivity contribution in [3.63, 3.8) is 0 Å². The third kappa shape index (κ3) is 8.00. The minimum absolute atomic E-state index is 0.0281. The van der Waals surface area contributed by atoms with E-state index >= 15 is 0 Å². The van der Waals surface area contributed by atoms with Crippen LogP contribution in [0.4, 0.5) is 39.1 Å². The minimum atomic E-state index is -4.39. The van der Waals surface area contributed by atoms with Crippen molar-refractivity contribution in [1.29, 1.82) is 0 Å². The molecule has 2 aliphatic rings. The maximum atomic E-state index is 14.0. The number of phenols is 2. The number of nitrogens with zero attached hydrogens (tertiary/aromatic N) is 4. The second kappa shape index (κ2) is 15.2. The van der Waals surface area contributed by atoms with Crippen LogP contribution < -0.4 is 25.0 Å². The van der Waals surface area contributed by atoms with Gasteiger partial charge in [-0.3, -0.25) is 19.0 Å². The number of anilines is 5. The first kappa shape index (κ1) is 40.4. The Balaban J connectivity index is 1.23. The Morgan fingerprint density at radius 1 is 0.931 bits per heavy atom. The molecule has 2 amide bonds. The van der Waals surface area contributed by atoms with Crippen molar-refractivity contribution in [2.45, 2.75) is 56.2 Å². The van der Waals surface area contributed by atoms with Gasteiger partial charge in [-0.1, -0.05) is 13.8 Å². The van der Waals surface area contributed by atoms with E-state index in [1.54, 1.807) is 27.7 Å². The molecule has 5 aromatic rings. The van der Waals surface area contributed by atoms with E-state index in [0.717, 1.165) is 22.7 Å². The van der Waals surface area contributed by atoms with Crippen molar-refractivity contribution >= 4 is 93.4 Å². The monoisotopic (exact) mass is 848 g/mol. The van der Waals surface area contributed by atoms with Gasteiger partial charge in [0.05, 0.1) is 52.1 Å². The van der Waals surface area contributed by atoms with E-state index in [4.69, 9.17) is 4.74 Å². The SMILES string of the molecule is CC(=O)Nc1cc(N=Nc2snc3ccc(S(=O)(=O)Nc4ccc(N5CCOCC5)c(S(=O)(=O)Nc5cc(C)c(C)cc5O)c4)cc23)c2c(c1O)C(C)(C)CC(=O)N2. The zero-order valence-corrected chi connectivity index (χ0v) is 34.4. The lowest BCUT2D eigenvalue weighted by atomic mass is 9.76. The number of aromatic hydroxyl groups is 2. The van der Waals surface area contributed by atoms with E-state index in [0.29, 0.717) is 48.5 Å². The summed E-state index contributed by atoms with van der Waals surface area (Å²) in [5, 5.41) is 36.3. The molecule has 0 spiro atoms. The molecule has 17 nitrogen and oxygen atoms in total. The van der Waals surface area contributed by atoms with Crippen LogP contribution in [0.25, 0.3) is 10.9 Å². The van der Waals surface area contributed by atoms with E-state index < -0.39 is 31.4 Å². The van der Waals surface area contributed by atoms with Crippen LogP contribution in [0.5, 0.6) is 11.5 Å². The van der Waals surface area contributed by atoms with E-state index in [2.05, 4.69) is 34.7 Å². The number of morpholine rings is 1. The molecular formula is C38H40N8O9S3. The Bertz CT molecular complexity index is 2760. The second-order valence-corrected chi connectivity index (χ2v) is 18.7. The number of azo groups is 1. The van der Waals surface area contributed by atoms with Crippen LogP contribution in [-0.4, -0.2) is 69.5 Å². The second-order valence-electron chi connectivity index (χ2n) is 14.6. The summed E-state index contributed by atoms with van der Waals surface area (Å²) in [5.41, 5.74) is 2.18. The van der Waals surface area contributed by atoms with Gasteiger partial charge in [0.15, 0.2) is 5.00 Å². The molecule has 304 valence electrons. The fourth-order valence-electron chi connectivity index (χ4n) is 6.88. The number of hydrogen-bond acceptors (Lipinski definition) is 14. The van der Waals surface area contributed by atoms with Gasteiger partial charge in [0.2, 0.25) is 11.8 Å². The van der Waals surface area contributed by atoms with Gasteiger partial charge >= 0.3 is 0 Å². The van der Waals surface area contributed by atoms with Crippen LogP contribution in [0.3, 0.4) is 0 Å². The highest BCUT2D eigenvalue weighted by molar-refractivity contribution is 7.93. The molecule has 6 N–H and O–H groups in total. The third-order valence-corrected chi connectivity index (χ3v) is 13.4. The van der Waals surface area contributed by atoms with Crippen molar-refractivity contribution in [1.82, 2.24) is 4.37 Å². The van der Waals surface area contributed by atoms with E-state index in [1.807, 2.05) is 4.90 Å². The van der Waals surface area contributed by atoms with E-state index in [9.17, 15) is 36.6 Å². The number of nitrogens with one attached hydrogen (secondary N) is 4. The molecule has 7 rings (SSSR count). The Kier molecular flexibility index (Phi) is 10.6. The fraction of sp³-hybridized carbons (Fsp3) is 0.289. The van der Waals surface area contributed by atoms with Crippen LogP contribution >= 0.6 is 11.5 Å². The number of ether oxygens (including phenoxy) is 1. The molecule has 0 saturated carbocycles. The number of benzene rings is 4. The number of sulfonamides is 2. The summed E-state index contributed by atoms with van der Waals surface area (Å²) in [5.74, 6) is -1.21. The summed E-state index contributed by atoms with van der Waals surface area (Å²) in [4.78, 5) is 26.0. The number of fused-ring (bicyclic) bond motifs is 2. The largest absolute Gasteiger partial charge is 0.506 e. The highest BCUT2D eigenvalue weighted by Crippen LogP contribution is 2.51. The van der Waals surface area contributed by atoms with Crippen LogP contribution in [0.1, 0.15) is 43.9 Å². The Morgan fingerprint density at radius 3 is 2.38 bits per heavy atom. The average Bonchev–Trinajstić information content (AvgIpc) is 3.56. The maximum Gasteiger partial charge on any atom is 0.264 e. The van der Waals surface area contributed by atoms with E-state index in [1.165, 1.54) is 61.5 Å². The smallest absolute Gasteiger partial charge is 0.264 e. The first-order valence-corrected chi connectivity index (χ1v) is 21.7. The van der Waals surface area contributed by atoms with E-state index in [-0.39, 0.29) is 67.1 Å². The summed E-state index contributed by atoms with van der Waals surface area (Å²) in [6, 6.07) is 12.8. The molecule has 0 unspecified atom stereocenters.